The van der Waals surface area contributed by atoms with Gasteiger partial charge in [-0.05, 0) is 0 Å². The number of carbonyl (C=O) groups excluding carboxylic acids is 1. The zero-order chi connectivity index (χ0) is 8.97. The Bertz CT molecular complexity index is 283. The fourth-order valence-corrected chi connectivity index (χ4v) is 0.454. The van der Waals surface area contributed by atoms with Crippen LogP contribution in [0.1, 0.15) is 6.92 Å². The summed E-state index contributed by atoms with van der Waals surface area (Å²) in [5, 5.41) is 8.69. The maximum absolute atomic E-state index is 10.7. The van der Waals surface area contributed by atoms with E-state index >= 15 is 0 Å². The lowest BCUT2D eigenvalue weighted by Crippen LogP contribution is -2.23. The molecule has 0 fully saturated rings. The quantitative estimate of drug-likeness (QED) is 0.357. The topological polar surface area (TPSA) is 59.0 Å². The van der Waals surface area contributed by atoms with Crippen molar-refractivity contribution >= 4 is 13.2 Å². The van der Waals surface area contributed by atoms with Gasteiger partial charge in [-0.2, -0.15) is 4.90 Å². The number of carbonyl (C=O) groups is 1. The fourth-order valence-electron chi connectivity index (χ4n) is 0.454. The first kappa shape index (κ1) is 8.31. The molecule has 0 saturated heterocycles. The van der Waals surface area contributed by atoms with Gasteiger partial charge in [-0.3, -0.25) is 4.79 Å². The molecule has 0 aromatic rings. The zero-order valence-corrected chi connectivity index (χ0v) is 6.20. The highest BCUT2D eigenvalue weighted by Gasteiger charge is 2.18. The van der Waals surface area contributed by atoms with Gasteiger partial charge in [0.25, 0.3) is 0 Å². The van der Waals surface area contributed by atoms with Crippen molar-refractivity contribution in [2.45, 2.75) is 6.92 Å². The van der Waals surface area contributed by atoms with Crippen molar-refractivity contribution in [3.05, 3.63) is 0 Å². The van der Waals surface area contributed by atoms with Gasteiger partial charge in [-0.1, -0.05) is 0 Å². The molecule has 0 saturated carbocycles. The summed E-state index contributed by atoms with van der Waals surface area (Å²) in [6, 6.07) is 4.50. The lowest BCUT2D eigenvalue weighted by atomic mass is 10.2. The predicted molar refractivity (Wildman–Crippen MR) is 38.2 cm³/mol. The Hall–Kier alpha value is -1.79. The average molecular weight is 165 g/mol. The minimum atomic E-state index is -1.49. The van der Waals surface area contributed by atoms with E-state index < -0.39 is 7.32 Å². The summed E-state index contributed by atoms with van der Waals surface area (Å²) >= 11 is 0. The second-order valence-corrected chi connectivity index (χ2v) is 1.82. The maximum Gasteiger partial charge on any atom is 0.803 e. The van der Waals surface area contributed by atoms with Crippen LogP contribution in [0.3, 0.4) is 0 Å². The summed E-state index contributed by atoms with van der Waals surface area (Å²) in [6.07, 6.45) is 4.09. The molecule has 12 heavy (non-hydrogen) atoms. The highest BCUT2D eigenvalue weighted by Crippen LogP contribution is 1.89. The molecular weight excluding hydrogens is 161 g/mol. The third-order valence-corrected chi connectivity index (χ3v) is 0.949. The molecule has 0 radical (unpaired) electrons. The monoisotopic (exact) mass is 165 g/mol. The van der Waals surface area contributed by atoms with Gasteiger partial charge in [0.05, 0.1) is 12.1 Å². The molecule has 5 nitrogen and oxygen atoms in total. The number of nitrogens with zero attached hydrogens (tertiary/aromatic N) is 1. The lowest BCUT2D eigenvalue weighted by molar-refractivity contribution is -0.123. The molecular formula is C6H4BNO4. The SMILES string of the molecule is CC(=O)N1C#COB(O)OC#C1. The van der Waals surface area contributed by atoms with E-state index in [1.165, 1.54) is 6.92 Å². The van der Waals surface area contributed by atoms with Gasteiger partial charge in [0.15, 0.2) is 0 Å². The molecule has 1 heterocycles. The normalized spacial score (nSPS) is 13.5. The first-order valence-corrected chi connectivity index (χ1v) is 3.01. The highest BCUT2D eigenvalue weighted by atomic mass is 16.7. The standard InChI is InChI=1S/C6H4BNO4/c1-6(9)8-2-4-11-7(10)12-5-3-8/h10H,1H3. The molecule has 1 aliphatic rings. The third kappa shape index (κ3) is 2.12. The second-order valence-electron chi connectivity index (χ2n) is 1.82. The van der Waals surface area contributed by atoms with E-state index in [9.17, 15) is 4.79 Å². The Morgan fingerprint density at radius 1 is 1.42 bits per heavy atom. The molecule has 0 spiro atoms. The summed E-state index contributed by atoms with van der Waals surface area (Å²) in [5.74, 6) is -0.349. The molecule has 0 aliphatic carbocycles. The van der Waals surface area contributed by atoms with Gasteiger partial charge >= 0.3 is 7.32 Å². The number of rotatable bonds is 0. The lowest BCUT2D eigenvalue weighted by Gasteiger charge is -2.04. The van der Waals surface area contributed by atoms with Crippen LogP contribution >= 0.6 is 0 Å². The van der Waals surface area contributed by atoms with Gasteiger partial charge in [-0.25, -0.2) is 0 Å². The van der Waals surface area contributed by atoms with E-state index in [4.69, 9.17) is 5.02 Å². The minimum Gasteiger partial charge on any atom is -0.449 e. The van der Waals surface area contributed by atoms with Gasteiger partial charge < -0.3 is 14.3 Å². The highest BCUT2D eigenvalue weighted by molar-refractivity contribution is 6.35. The smallest absolute Gasteiger partial charge is 0.449 e. The Morgan fingerprint density at radius 3 is 2.33 bits per heavy atom. The molecule has 0 aromatic heterocycles. The van der Waals surface area contributed by atoms with Crippen molar-refractivity contribution in [1.82, 2.24) is 4.90 Å². The summed E-state index contributed by atoms with van der Waals surface area (Å²) in [7, 11) is -1.49. The van der Waals surface area contributed by atoms with Gasteiger partial charge in [-0.15, -0.1) is 0 Å². The minimum absolute atomic E-state index is 0.349. The van der Waals surface area contributed by atoms with Crippen LogP contribution in [0.2, 0.25) is 0 Å². The van der Waals surface area contributed by atoms with E-state index in [1.54, 1.807) is 0 Å². The number of hydrogen-bond acceptors (Lipinski definition) is 4. The summed E-state index contributed by atoms with van der Waals surface area (Å²) in [4.78, 5) is 11.6. The first-order valence-electron chi connectivity index (χ1n) is 3.01. The largest absolute Gasteiger partial charge is 0.803 e. The van der Waals surface area contributed by atoms with Crippen LogP contribution in [-0.4, -0.2) is 23.2 Å². The van der Waals surface area contributed by atoms with Crippen molar-refractivity contribution in [1.29, 1.82) is 0 Å². The molecule has 1 N–H and O–H groups in total. The maximum atomic E-state index is 10.7. The van der Waals surface area contributed by atoms with Gasteiger partial charge in [0.2, 0.25) is 5.91 Å². The van der Waals surface area contributed by atoms with E-state index in [2.05, 4.69) is 21.4 Å². The van der Waals surface area contributed by atoms with Crippen LogP contribution in [0.4, 0.5) is 0 Å². The molecule has 1 rings (SSSR count). The molecule has 60 valence electrons. The zero-order valence-electron chi connectivity index (χ0n) is 6.20. The summed E-state index contributed by atoms with van der Waals surface area (Å²) < 4.78 is 8.68. The van der Waals surface area contributed by atoms with Crippen LogP contribution < -0.4 is 0 Å². The van der Waals surface area contributed by atoms with Crippen LogP contribution in [0.15, 0.2) is 0 Å². The molecule has 6 heteroatoms. The van der Waals surface area contributed by atoms with E-state index in [-0.39, 0.29) is 5.91 Å². The van der Waals surface area contributed by atoms with E-state index in [0.717, 1.165) is 4.90 Å². The molecule has 0 atom stereocenters. The van der Waals surface area contributed by atoms with E-state index in [1.807, 2.05) is 12.2 Å². The summed E-state index contributed by atoms with van der Waals surface area (Å²) in [5.41, 5.74) is 0. The van der Waals surface area contributed by atoms with Gasteiger partial charge in [0.1, 0.15) is 12.2 Å². The number of hydrogen-bond donors (Lipinski definition) is 1. The Morgan fingerprint density at radius 2 is 1.92 bits per heavy atom. The first-order chi connectivity index (χ1) is 5.70. The van der Waals surface area contributed by atoms with Crippen molar-refractivity contribution in [3.8, 4) is 24.3 Å². The van der Waals surface area contributed by atoms with Crippen LogP contribution in [-0.2, 0) is 14.1 Å². The predicted octanol–water partition coefficient (Wildman–Crippen LogP) is -1.30. The third-order valence-electron chi connectivity index (χ3n) is 0.949. The van der Waals surface area contributed by atoms with Crippen molar-refractivity contribution in [3.63, 3.8) is 0 Å². The molecule has 0 bridgehead atoms. The molecule has 0 aromatic carbocycles. The Labute approximate surface area is 69.4 Å². The molecule has 1 amide bonds. The van der Waals surface area contributed by atoms with Crippen LogP contribution in [0.25, 0.3) is 0 Å². The average Bonchev–Trinajstić information content (AvgIpc) is 1.95. The van der Waals surface area contributed by atoms with E-state index in [0.29, 0.717) is 0 Å². The van der Waals surface area contributed by atoms with Crippen LogP contribution in [0.5, 0.6) is 0 Å². The van der Waals surface area contributed by atoms with Gasteiger partial charge in [0, 0.05) is 6.92 Å². The Balaban J connectivity index is 2.73. The van der Waals surface area contributed by atoms with Crippen molar-refractivity contribution in [2.24, 2.45) is 0 Å². The molecule has 0 unspecified atom stereocenters. The van der Waals surface area contributed by atoms with Crippen molar-refractivity contribution in [2.75, 3.05) is 0 Å². The van der Waals surface area contributed by atoms with Crippen LogP contribution in [0, 0.1) is 24.3 Å². The second kappa shape index (κ2) is 3.56. The number of amides is 1. The molecule has 1 aliphatic heterocycles. The van der Waals surface area contributed by atoms with Crippen molar-refractivity contribution < 1.29 is 19.1 Å². The fraction of sp³-hybridized carbons (Fsp3) is 0.167. The Kier molecular flexibility index (Phi) is 2.47. The summed E-state index contributed by atoms with van der Waals surface area (Å²) in [6.45, 7) is 1.29.